The van der Waals surface area contributed by atoms with Gasteiger partial charge >= 0.3 is 0 Å². The van der Waals surface area contributed by atoms with E-state index in [9.17, 15) is 0 Å². The summed E-state index contributed by atoms with van der Waals surface area (Å²) in [5.74, 6) is 1.33. The molecule has 1 aromatic carbocycles. The number of aromatic nitrogens is 2. The highest BCUT2D eigenvalue weighted by molar-refractivity contribution is 9.10. The van der Waals surface area contributed by atoms with Gasteiger partial charge in [0.05, 0.1) is 0 Å². The molecule has 0 spiro atoms. The van der Waals surface area contributed by atoms with Crippen molar-refractivity contribution in [2.24, 2.45) is 0 Å². The Morgan fingerprint density at radius 3 is 2.94 bits per heavy atom. The Morgan fingerprint density at radius 2 is 2.28 bits per heavy atom. The molecule has 96 valence electrons. The first-order chi connectivity index (χ1) is 8.65. The van der Waals surface area contributed by atoms with Crippen LogP contribution in [0.2, 0.25) is 5.02 Å². The maximum Gasteiger partial charge on any atom is 0.223 e. The van der Waals surface area contributed by atoms with Gasteiger partial charge in [0.1, 0.15) is 0 Å². The Labute approximate surface area is 119 Å². The van der Waals surface area contributed by atoms with Crippen molar-refractivity contribution in [2.75, 3.05) is 6.54 Å². The molecule has 0 aliphatic heterocycles. The highest BCUT2D eigenvalue weighted by Crippen LogP contribution is 2.21. The third-order valence-electron chi connectivity index (χ3n) is 2.43. The third-order valence-corrected chi connectivity index (χ3v) is 3.40. The molecule has 4 nitrogen and oxygen atoms in total. The molecule has 0 unspecified atom stereocenters. The first kappa shape index (κ1) is 13.5. The van der Waals surface area contributed by atoms with Gasteiger partial charge in [-0.1, -0.05) is 38.8 Å². The first-order valence-electron chi connectivity index (χ1n) is 5.59. The number of aryl methyl sites for hydroxylation is 1. The number of hydrogen-bond acceptors (Lipinski definition) is 4. The fourth-order valence-electron chi connectivity index (χ4n) is 1.53. The summed E-state index contributed by atoms with van der Waals surface area (Å²) in [7, 11) is 0. The molecule has 2 rings (SSSR count). The van der Waals surface area contributed by atoms with Crippen molar-refractivity contribution in [1.82, 2.24) is 15.5 Å². The second-order valence-electron chi connectivity index (χ2n) is 3.89. The van der Waals surface area contributed by atoms with Crippen LogP contribution in [0.5, 0.6) is 0 Å². The fourth-order valence-corrected chi connectivity index (χ4v) is 2.35. The predicted molar refractivity (Wildman–Crippen MR) is 73.6 cm³/mol. The van der Waals surface area contributed by atoms with Crippen LogP contribution in [0.25, 0.3) is 0 Å². The van der Waals surface area contributed by atoms with Gasteiger partial charge in [0.2, 0.25) is 5.89 Å². The molecule has 0 atom stereocenters. The molecular weight excluding hydrogens is 318 g/mol. The van der Waals surface area contributed by atoms with E-state index in [1.165, 1.54) is 5.56 Å². The summed E-state index contributed by atoms with van der Waals surface area (Å²) in [6.45, 7) is 3.36. The molecule has 0 fully saturated rings. The quantitative estimate of drug-likeness (QED) is 0.856. The van der Waals surface area contributed by atoms with Gasteiger partial charge in [-0.25, -0.2) is 0 Å². The highest BCUT2D eigenvalue weighted by atomic mass is 79.9. The molecule has 0 bridgehead atoms. The smallest absolute Gasteiger partial charge is 0.223 e. The Hall–Kier alpha value is -0.910. The van der Waals surface area contributed by atoms with Crippen LogP contribution in [0.3, 0.4) is 0 Å². The normalized spacial score (nSPS) is 10.8. The van der Waals surface area contributed by atoms with Crippen LogP contribution in [0, 0.1) is 6.92 Å². The van der Waals surface area contributed by atoms with Crippen molar-refractivity contribution in [1.29, 1.82) is 0 Å². The monoisotopic (exact) mass is 329 g/mol. The Morgan fingerprint density at radius 1 is 1.44 bits per heavy atom. The van der Waals surface area contributed by atoms with Crippen LogP contribution in [0.4, 0.5) is 0 Å². The molecule has 0 saturated carbocycles. The topological polar surface area (TPSA) is 51.0 Å². The summed E-state index contributed by atoms with van der Waals surface area (Å²) < 4.78 is 5.91. The summed E-state index contributed by atoms with van der Waals surface area (Å²) in [6, 6.07) is 5.77. The van der Waals surface area contributed by atoms with E-state index in [0.29, 0.717) is 5.89 Å². The minimum atomic E-state index is 0.602. The Balaban J connectivity index is 1.78. The summed E-state index contributed by atoms with van der Waals surface area (Å²) in [4.78, 5) is 4.14. The van der Waals surface area contributed by atoms with E-state index in [0.717, 1.165) is 34.8 Å². The van der Waals surface area contributed by atoms with Crippen molar-refractivity contribution < 1.29 is 4.52 Å². The molecule has 0 amide bonds. The standard InChI is InChI=1S/C12H13BrClN3O/c1-8-16-12(17-18-8)4-5-15-7-9-2-3-10(14)6-11(9)13/h2-3,6,15H,4-5,7H2,1H3. The molecule has 6 heteroatoms. The second kappa shape index (κ2) is 6.31. The SMILES string of the molecule is Cc1nc(CCNCc2ccc(Cl)cc2Br)no1. The Bertz CT molecular complexity index is 530. The van der Waals surface area contributed by atoms with E-state index in [2.05, 4.69) is 31.4 Å². The zero-order valence-corrected chi connectivity index (χ0v) is 12.3. The maximum absolute atomic E-state index is 5.88. The first-order valence-corrected chi connectivity index (χ1v) is 6.76. The molecule has 2 aromatic rings. The van der Waals surface area contributed by atoms with Crippen LogP contribution in [0.15, 0.2) is 27.2 Å². The minimum absolute atomic E-state index is 0.602. The van der Waals surface area contributed by atoms with E-state index < -0.39 is 0 Å². The van der Waals surface area contributed by atoms with Crippen molar-refractivity contribution >= 4 is 27.5 Å². The van der Waals surface area contributed by atoms with E-state index in [1.54, 1.807) is 6.92 Å². The third kappa shape index (κ3) is 3.80. The highest BCUT2D eigenvalue weighted by Gasteiger charge is 2.03. The molecule has 0 aliphatic carbocycles. The van der Waals surface area contributed by atoms with Crippen molar-refractivity contribution in [3.8, 4) is 0 Å². The van der Waals surface area contributed by atoms with Gasteiger partial charge in [-0.3, -0.25) is 0 Å². The van der Waals surface area contributed by atoms with Gasteiger partial charge in [-0.15, -0.1) is 0 Å². The lowest BCUT2D eigenvalue weighted by Gasteiger charge is -2.06. The summed E-state index contributed by atoms with van der Waals surface area (Å²) in [5, 5.41) is 7.89. The van der Waals surface area contributed by atoms with Gasteiger partial charge in [0, 0.05) is 35.9 Å². The second-order valence-corrected chi connectivity index (χ2v) is 5.18. The van der Waals surface area contributed by atoms with Gasteiger partial charge in [-0.2, -0.15) is 4.98 Å². The largest absolute Gasteiger partial charge is 0.340 e. The van der Waals surface area contributed by atoms with E-state index >= 15 is 0 Å². The summed E-state index contributed by atoms with van der Waals surface area (Å²) in [5.41, 5.74) is 1.17. The molecule has 0 aliphatic rings. The van der Waals surface area contributed by atoms with Crippen LogP contribution < -0.4 is 5.32 Å². The lowest BCUT2D eigenvalue weighted by molar-refractivity contribution is 0.387. The number of rotatable bonds is 5. The van der Waals surface area contributed by atoms with Crippen molar-refractivity contribution in [3.05, 3.63) is 45.0 Å². The number of nitrogens with one attached hydrogen (secondary N) is 1. The zero-order valence-electron chi connectivity index (χ0n) is 9.91. The van der Waals surface area contributed by atoms with Crippen LogP contribution >= 0.6 is 27.5 Å². The summed E-state index contributed by atoms with van der Waals surface area (Å²) in [6.07, 6.45) is 0.753. The Kier molecular flexibility index (Phi) is 4.74. The average molecular weight is 331 g/mol. The number of benzene rings is 1. The number of hydrogen-bond donors (Lipinski definition) is 1. The van der Waals surface area contributed by atoms with Gasteiger partial charge in [-0.05, 0) is 17.7 Å². The molecule has 0 saturated heterocycles. The minimum Gasteiger partial charge on any atom is -0.340 e. The van der Waals surface area contributed by atoms with Gasteiger partial charge < -0.3 is 9.84 Å². The summed E-state index contributed by atoms with van der Waals surface area (Å²) >= 11 is 9.37. The zero-order chi connectivity index (χ0) is 13.0. The van der Waals surface area contributed by atoms with Crippen molar-refractivity contribution in [3.63, 3.8) is 0 Å². The number of nitrogens with zero attached hydrogens (tertiary/aromatic N) is 2. The molecule has 1 N–H and O–H groups in total. The number of halogens is 2. The lowest BCUT2D eigenvalue weighted by Crippen LogP contribution is -2.17. The van der Waals surface area contributed by atoms with Crippen LogP contribution in [0.1, 0.15) is 17.3 Å². The fraction of sp³-hybridized carbons (Fsp3) is 0.333. The molecular formula is C12H13BrClN3O. The van der Waals surface area contributed by atoms with Gasteiger partial charge in [0.15, 0.2) is 5.82 Å². The van der Waals surface area contributed by atoms with Gasteiger partial charge in [0.25, 0.3) is 0 Å². The molecule has 1 aromatic heterocycles. The molecule has 18 heavy (non-hydrogen) atoms. The maximum atomic E-state index is 5.88. The molecule has 1 heterocycles. The average Bonchev–Trinajstić information content (AvgIpc) is 2.73. The van der Waals surface area contributed by atoms with E-state index in [1.807, 2.05) is 18.2 Å². The molecule has 0 radical (unpaired) electrons. The predicted octanol–water partition coefficient (Wildman–Crippen LogP) is 3.13. The van der Waals surface area contributed by atoms with Crippen molar-refractivity contribution in [2.45, 2.75) is 19.9 Å². The van der Waals surface area contributed by atoms with E-state index in [4.69, 9.17) is 16.1 Å². The lowest BCUT2D eigenvalue weighted by atomic mass is 10.2. The van der Waals surface area contributed by atoms with Crippen LogP contribution in [-0.2, 0) is 13.0 Å². The van der Waals surface area contributed by atoms with E-state index in [-0.39, 0.29) is 0 Å². The van der Waals surface area contributed by atoms with Crippen LogP contribution in [-0.4, -0.2) is 16.7 Å².